The second-order valence-electron chi connectivity index (χ2n) is 10.3. The van der Waals surface area contributed by atoms with Gasteiger partial charge in [0, 0.05) is 22.4 Å². The number of allylic oxidation sites excluding steroid dienone is 2. The van der Waals surface area contributed by atoms with Gasteiger partial charge >= 0.3 is 0 Å². The molecule has 0 saturated heterocycles. The van der Waals surface area contributed by atoms with Crippen LogP contribution in [0.25, 0.3) is 16.8 Å². The predicted molar refractivity (Wildman–Crippen MR) is 175 cm³/mol. The summed E-state index contributed by atoms with van der Waals surface area (Å²) in [6.45, 7) is 3.56. The number of carbonyl (C=O) groups excluding carboxylic acids is 1. The Morgan fingerprint density at radius 1 is 1.09 bits per heavy atom. The van der Waals surface area contributed by atoms with Gasteiger partial charge in [-0.2, -0.15) is 5.26 Å². The molecule has 0 N–H and O–H groups in total. The zero-order valence-corrected chi connectivity index (χ0v) is 26.5. The summed E-state index contributed by atoms with van der Waals surface area (Å²) in [5.74, 6) is 1.05. The second-order valence-corrected chi connectivity index (χ2v) is 12.2. The minimum atomic E-state index is -0.703. The van der Waals surface area contributed by atoms with Gasteiger partial charge in [0.15, 0.2) is 10.6 Å². The lowest BCUT2D eigenvalue weighted by atomic mass is 9.89. The highest BCUT2D eigenvalue weighted by Crippen LogP contribution is 2.40. The molecule has 0 spiro atoms. The summed E-state index contributed by atoms with van der Waals surface area (Å²) < 4.78 is 14.6. The van der Waals surface area contributed by atoms with Crippen molar-refractivity contribution in [2.24, 2.45) is 4.99 Å². The average molecular weight is 665 g/mol. The van der Waals surface area contributed by atoms with Crippen LogP contribution in [0.5, 0.6) is 11.5 Å². The first-order valence-electron chi connectivity index (χ1n) is 13.8. The number of rotatable bonds is 7. The molecule has 1 aliphatic heterocycles. The lowest BCUT2D eigenvalue weighted by Crippen LogP contribution is -2.39. The number of fused-ring (bicyclic) bond motifs is 2. The number of aromatic nitrogens is 1. The maximum absolute atomic E-state index is 14.1. The fourth-order valence-corrected chi connectivity index (χ4v) is 7.12. The molecule has 0 radical (unpaired) electrons. The Hall–Kier alpha value is -4.78. The van der Waals surface area contributed by atoms with E-state index in [0.29, 0.717) is 42.1 Å². The van der Waals surface area contributed by atoms with Gasteiger partial charge < -0.3 is 9.47 Å². The largest absolute Gasteiger partial charge is 0.496 e. The van der Waals surface area contributed by atoms with E-state index in [4.69, 9.17) is 14.5 Å². The van der Waals surface area contributed by atoms with E-state index in [9.17, 15) is 14.9 Å². The van der Waals surface area contributed by atoms with Crippen LogP contribution in [0.1, 0.15) is 42.1 Å². The molecule has 218 valence electrons. The summed E-state index contributed by atoms with van der Waals surface area (Å²) in [6, 6.07) is 26.1. The number of nitrogens with zero attached hydrogens (tertiary/aromatic N) is 3. The van der Waals surface area contributed by atoms with Gasteiger partial charge in [0.25, 0.3) is 5.56 Å². The Labute approximate surface area is 265 Å². The molecule has 6 rings (SSSR count). The van der Waals surface area contributed by atoms with Crippen molar-refractivity contribution in [2.45, 2.75) is 26.5 Å². The van der Waals surface area contributed by atoms with Crippen molar-refractivity contribution >= 4 is 49.9 Å². The van der Waals surface area contributed by atoms with Crippen LogP contribution in [0, 0.1) is 11.3 Å². The van der Waals surface area contributed by atoms with E-state index in [1.165, 1.54) is 18.3 Å². The van der Waals surface area contributed by atoms with Crippen molar-refractivity contribution in [3.8, 4) is 17.6 Å². The van der Waals surface area contributed by atoms with Gasteiger partial charge in [-0.1, -0.05) is 65.9 Å². The molecule has 1 unspecified atom stereocenters. The Kier molecular flexibility index (Phi) is 8.04. The SMILES string of the molecule is COc1ccc2ccccc2c1C1C(C(C)=O)=C(C)N=c2s/c(=C\c3ccc(OCc4ccccc4C#N)c(Br)c3)c(=O)n21. The number of thiazole rings is 1. The Morgan fingerprint density at radius 2 is 1.84 bits per heavy atom. The molecule has 0 aliphatic carbocycles. The van der Waals surface area contributed by atoms with Crippen molar-refractivity contribution in [1.29, 1.82) is 5.26 Å². The average Bonchev–Trinajstić information content (AvgIpc) is 3.33. The number of methoxy groups -OCH3 is 1. The zero-order valence-electron chi connectivity index (χ0n) is 24.1. The van der Waals surface area contributed by atoms with Crippen molar-refractivity contribution in [2.75, 3.05) is 7.11 Å². The topological polar surface area (TPSA) is 93.7 Å². The summed E-state index contributed by atoms with van der Waals surface area (Å²) in [4.78, 5) is 32.4. The minimum Gasteiger partial charge on any atom is -0.496 e. The van der Waals surface area contributed by atoms with Crippen molar-refractivity contribution in [3.63, 3.8) is 0 Å². The third-order valence-electron chi connectivity index (χ3n) is 7.60. The van der Waals surface area contributed by atoms with Crippen LogP contribution < -0.4 is 24.4 Å². The maximum Gasteiger partial charge on any atom is 0.271 e. The van der Waals surface area contributed by atoms with Crippen LogP contribution in [0.2, 0.25) is 0 Å². The summed E-state index contributed by atoms with van der Waals surface area (Å²) >= 11 is 4.87. The smallest absolute Gasteiger partial charge is 0.271 e. The van der Waals surface area contributed by atoms with Gasteiger partial charge in [0.2, 0.25) is 0 Å². The first-order chi connectivity index (χ1) is 21.3. The van der Waals surface area contributed by atoms with Gasteiger partial charge in [-0.05, 0) is 76.5 Å². The van der Waals surface area contributed by atoms with Crippen molar-refractivity contribution < 1.29 is 14.3 Å². The third kappa shape index (κ3) is 5.27. The molecular weight excluding hydrogens is 638 g/mol. The number of hydrogen-bond acceptors (Lipinski definition) is 7. The molecule has 1 aromatic heterocycles. The molecule has 9 heteroatoms. The molecule has 0 amide bonds. The lowest BCUT2D eigenvalue weighted by Gasteiger charge is -2.27. The van der Waals surface area contributed by atoms with Gasteiger partial charge in [-0.3, -0.25) is 14.2 Å². The van der Waals surface area contributed by atoms with E-state index < -0.39 is 6.04 Å². The Morgan fingerprint density at radius 3 is 2.59 bits per heavy atom. The summed E-state index contributed by atoms with van der Waals surface area (Å²) in [5, 5.41) is 11.2. The van der Waals surface area contributed by atoms with E-state index in [1.807, 2.05) is 85.8 Å². The van der Waals surface area contributed by atoms with Crippen LogP contribution in [0.4, 0.5) is 0 Å². The predicted octanol–water partition coefficient (Wildman–Crippen LogP) is 6.20. The minimum absolute atomic E-state index is 0.155. The normalized spacial score (nSPS) is 14.6. The highest BCUT2D eigenvalue weighted by Gasteiger charge is 2.33. The number of ether oxygens (including phenoxy) is 2. The molecule has 44 heavy (non-hydrogen) atoms. The maximum atomic E-state index is 14.1. The molecule has 2 heterocycles. The molecule has 7 nitrogen and oxygen atoms in total. The number of benzene rings is 4. The highest BCUT2D eigenvalue weighted by atomic mass is 79.9. The van der Waals surface area contributed by atoms with E-state index in [1.54, 1.807) is 17.7 Å². The number of carbonyl (C=O) groups is 1. The van der Waals surface area contributed by atoms with Gasteiger partial charge in [0.1, 0.15) is 18.1 Å². The number of nitriles is 1. The summed E-state index contributed by atoms with van der Waals surface area (Å²) in [6.07, 6.45) is 1.81. The first-order valence-corrected chi connectivity index (χ1v) is 15.4. The van der Waals surface area contributed by atoms with Crippen LogP contribution in [0.15, 0.2) is 104 Å². The monoisotopic (exact) mass is 663 g/mol. The molecule has 0 fully saturated rings. The molecule has 0 bridgehead atoms. The third-order valence-corrected chi connectivity index (χ3v) is 9.20. The van der Waals surface area contributed by atoms with Gasteiger partial charge in [0.05, 0.1) is 33.8 Å². The fraction of sp³-hybridized carbons (Fsp3) is 0.143. The quantitative estimate of drug-likeness (QED) is 0.207. The highest BCUT2D eigenvalue weighted by molar-refractivity contribution is 9.10. The second kappa shape index (κ2) is 12.1. The number of hydrogen-bond donors (Lipinski definition) is 0. The Bertz CT molecular complexity index is 2230. The molecule has 5 aromatic rings. The van der Waals surface area contributed by atoms with Crippen LogP contribution in [-0.2, 0) is 11.4 Å². The van der Waals surface area contributed by atoms with E-state index in [2.05, 4.69) is 22.0 Å². The van der Waals surface area contributed by atoms with Crippen LogP contribution in [-0.4, -0.2) is 17.5 Å². The van der Waals surface area contributed by atoms with Crippen LogP contribution in [0.3, 0.4) is 0 Å². The van der Waals surface area contributed by atoms with Gasteiger partial charge in [-0.25, -0.2) is 4.99 Å². The fourth-order valence-electron chi connectivity index (χ4n) is 5.57. The molecule has 0 saturated carbocycles. The van der Waals surface area contributed by atoms with E-state index in [-0.39, 0.29) is 17.9 Å². The molecule has 1 atom stereocenters. The van der Waals surface area contributed by atoms with Crippen LogP contribution >= 0.6 is 27.3 Å². The lowest BCUT2D eigenvalue weighted by molar-refractivity contribution is -0.114. The first kappa shape index (κ1) is 29.3. The van der Waals surface area contributed by atoms with E-state index >= 15 is 0 Å². The zero-order chi connectivity index (χ0) is 31.0. The number of ketones is 1. The molecule has 1 aliphatic rings. The summed E-state index contributed by atoms with van der Waals surface area (Å²) in [5.41, 5.74) is 3.69. The van der Waals surface area contributed by atoms with Gasteiger partial charge in [-0.15, -0.1) is 0 Å². The van der Waals surface area contributed by atoms with E-state index in [0.717, 1.165) is 27.5 Å². The number of Topliss-reactive ketones (excluding diaryl/α,β-unsaturated/α-hetero) is 1. The molecular formula is C35H26BrN3O4S. The van der Waals surface area contributed by atoms with Crippen molar-refractivity contribution in [3.05, 3.63) is 137 Å². The Balaban J connectivity index is 1.44. The summed E-state index contributed by atoms with van der Waals surface area (Å²) in [7, 11) is 1.59. The molecule has 4 aromatic carbocycles. The standard InChI is InChI=1S/C35H26BrN3O4S/c1-20-31(21(2)40)33(32-26-11-7-6-8-23(26)13-15-29(32)42-3)39-34(41)30(44-35(39)38-20)17-22-12-14-28(27(36)16-22)43-19-25-10-5-4-9-24(25)18-37/h4-17,33H,19H2,1-3H3/b30-17-. The number of halogens is 1. The van der Waals surface area contributed by atoms with Crippen molar-refractivity contribution in [1.82, 2.24) is 4.57 Å².